The maximum atomic E-state index is 12.0. The fraction of sp³-hybridized carbons (Fsp3) is 0.500. The number of rotatable bonds is 7. The summed E-state index contributed by atoms with van der Waals surface area (Å²) in [4.78, 5) is 21.4. The van der Waals surface area contributed by atoms with Crippen molar-refractivity contribution < 1.29 is 4.79 Å². The van der Waals surface area contributed by atoms with Crippen molar-refractivity contribution in [2.45, 2.75) is 20.4 Å². The molecule has 0 saturated carbocycles. The number of hydrogen-bond acceptors (Lipinski definition) is 5. The smallest absolute Gasteiger partial charge is 0.234 e. The quantitative estimate of drug-likeness (QED) is 0.812. The third kappa shape index (κ3) is 5.62. The van der Waals surface area contributed by atoms with E-state index in [1.165, 1.54) is 5.56 Å². The molecule has 0 bridgehead atoms. The molecule has 1 aromatic carbocycles. The molecule has 0 atom stereocenters. The first kappa shape index (κ1) is 19.0. The number of carbonyl (C=O) groups excluding carboxylic acids is 1. The van der Waals surface area contributed by atoms with Gasteiger partial charge in [0, 0.05) is 50.2 Å². The Balaban J connectivity index is 1.43. The molecule has 1 N–H and O–H groups in total. The van der Waals surface area contributed by atoms with Gasteiger partial charge in [-0.05, 0) is 5.92 Å². The first-order valence-electron chi connectivity index (χ1n) is 9.31. The molecular weight excluding hydrogens is 344 g/mol. The lowest BCUT2D eigenvalue weighted by Crippen LogP contribution is -2.49. The van der Waals surface area contributed by atoms with Gasteiger partial charge < -0.3 is 5.32 Å². The van der Waals surface area contributed by atoms with Crippen molar-refractivity contribution in [1.29, 1.82) is 0 Å². The Morgan fingerprint density at radius 1 is 1.15 bits per heavy atom. The van der Waals surface area contributed by atoms with Gasteiger partial charge in [0.25, 0.3) is 0 Å². The highest BCUT2D eigenvalue weighted by Gasteiger charge is 2.19. The summed E-state index contributed by atoms with van der Waals surface area (Å²) in [7, 11) is 0. The Kier molecular flexibility index (Phi) is 6.77. The predicted octanol–water partition coefficient (Wildman–Crippen LogP) is 2.70. The van der Waals surface area contributed by atoms with E-state index in [9.17, 15) is 4.79 Å². The van der Waals surface area contributed by atoms with Crippen molar-refractivity contribution in [2.24, 2.45) is 5.92 Å². The summed E-state index contributed by atoms with van der Waals surface area (Å²) in [6.07, 6.45) is 0. The van der Waals surface area contributed by atoms with E-state index in [1.807, 2.05) is 18.2 Å². The zero-order valence-electron chi connectivity index (χ0n) is 15.6. The molecule has 3 rings (SSSR count). The number of hydrogen-bond donors (Lipinski definition) is 1. The molecule has 140 valence electrons. The second-order valence-electron chi connectivity index (χ2n) is 7.26. The minimum absolute atomic E-state index is 0.138. The van der Waals surface area contributed by atoms with Crippen LogP contribution in [0.2, 0.25) is 0 Å². The molecule has 1 fully saturated rings. The summed E-state index contributed by atoms with van der Waals surface area (Å²) in [5.41, 5.74) is 2.32. The fourth-order valence-electron chi connectivity index (χ4n) is 3.00. The maximum Gasteiger partial charge on any atom is 0.234 e. The van der Waals surface area contributed by atoms with Gasteiger partial charge in [-0.2, -0.15) is 0 Å². The highest BCUT2D eigenvalue weighted by Crippen LogP contribution is 2.24. The van der Waals surface area contributed by atoms with Crippen LogP contribution in [0, 0.1) is 5.92 Å². The molecule has 1 saturated heterocycles. The average molecular weight is 373 g/mol. The van der Waals surface area contributed by atoms with E-state index < -0.39 is 0 Å². The minimum Gasteiger partial charge on any atom is -0.355 e. The van der Waals surface area contributed by atoms with Crippen LogP contribution in [0.3, 0.4) is 0 Å². The summed E-state index contributed by atoms with van der Waals surface area (Å²) in [5, 5.41) is 6.24. The van der Waals surface area contributed by atoms with Crippen LogP contribution in [0.25, 0.3) is 10.6 Å². The standard InChI is InChI=1S/C20H28N4OS/c1-16(2)12-21-19(25)14-24-10-8-23(9-11-24)13-18-15-26-20(22-18)17-6-4-3-5-7-17/h3-7,15-16H,8-14H2,1-2H3,(H,21,25). The van der Waals surface area contributed by atoms with Crippen molar-refractivity contribution in [2.75, 3.05) is 39.3 Å². The van der Waals surface area contributed by atoms with Crippen molar-refractivity contribution in [3.8, 4) is 10.6 Å². The second-order valence-corrected chi connectivity index (χ2v) is 8.12. The third-order valence-electron chi connectivity index (χ3n) is 4.50. The van der Waals surface area contributed by atoms with E-state index in [0.29, 0.717) is 12.5 Å². The number of thiazole rings is 1. The van der Waals surface area contributed by atoms with Crippen molar-refractivity contribution in [3.63, 3.8) is 0 Å². The molecule has 1 amide bonds. The monoisotopic (exact) mass is 372 g/mol. The summed E-state index contributed by atoms with van der Waals surface area (Å²) in [6, 6.07) is 10.3. The molecule has 1 aliphatic heterocycles. The highest BCUT2D eigenvalue weighted by atomic mass is 32.1. The Bertz CT molecular complexity index is 693. The second kappa shape index (κ2) is 9.26. The summed E-state index contributed by atoms with van der Waals surface area (Å²) < 4.78 is 0. The number of benzene rings is 1. The number of aromatic nitrogens is 1. The molecule has 1 aromatic heterocycles. The predicted molar refractivity (Wildman–Crippen MR) is 107 cm³/mol. The maximum absolute atomic E-state index is 12.0. The van der Waals surface area contributed by atoms with Gasteiger partial charge in [-0.15, -0.1) is 11.3 Å². The van der Waals surface area contributed by atoms with Crippen LogP contribution >= 0.6 is 11.3 Å². The number of carbonyl (C=O) groups is 1. The van der Waals surface area contributed by atoms with Gasteiger partial charge in [0.1, 0.15) is 5.01 Å². The normalized spacial score (nSPS) is 16.1. The molecule has 5 nitrogen and oxygen atoms in total. The number of nitrogens with one attached hydrogen (secondary N) is 1. The fourth-order valence-corrected chi connectivity index (χ4v) is 3.82. The topological polar surface area (TPSA) is 48.5 Å². The van der Waals surface area contributed by atoms with Gasteiger partial charge in [-0.25, -0.2) is 4.98 Å². The summed E-state index contributed by atoms with van der Waals surface area (Å²) >= 11 is 1.71. The van der Waals surface area contributed by atoms with Gasteiger partial charge in [-0.3, -0.25) is 14.6 Å². The number of piperazine rings is 1. The van der Waals surface area contributed by atoms with E-state index in [4.69, 9.17) is 4.98 Å². The van der Waals surface area contributed by atoms with Crippen LogP contribution in [0.15, 0.2) is 35.7 Å². The lowest BCUT2D eigenvalue weighted by molar-refractivity contribution is -0.122. The van der Waals surface area contributed by atoms with Crippen LogP contribution in [-0.4, -0.2) is 60.0 Å². The zero-order valence-corrected chi connectivity index (χ0v) is 16.5. The molecule has 0 unspecified atom stereocenters. The average Bonchev–Trinajstić information content (AvgIpc) is 3.11. The Morgan fingerprint density at radius 2 is 1.85 bits per heavy atom. The molecule has 2 heterocycles. The van der Waals surface area contributed by atoms with Crippen molar-refractivity contribution >= 4 is 17.2 Å². The molecule has 26 heavy (non-hydrogen) atoms. The Labute approximate surface area is 160 Å². The van der Waals surface area contributed by atoms with Crippen LogP contribution < -0.4 is 5.32 Å². The summed E-state index contributed by atoms with van der Waals surface area (Å²) in [5.74, 6) is 0.633. The van der Waals surface area contributed by atoms with E-state index in [0.717, 1.165) is 50.0 Å². The van der Waals surface area contributed by atoms with Crippen LogP contribution in [-0.2, 0) is 11.3 Å². The van der Waals surface area contributed by atoms with Crippen LogP contribution in [0.5, 0.6) is 0 Å². The highest BCUT2D eigenvalue weighted by molar-refractivity contribution is 7.13. The molecule has 0 aliphatic carbocycles. The molecule has 0 radical (unpaired) electrons. The molecule has 1 aliphatic rings. The number of nitrogens with zero attached hydrogens (tertiary/aromatic N) is 3. The summed E-state index contributed by atoms with van der Waals surface area (Å²) in [6.45, 7) is 10.2. The molecule has 2 aromatic rings. The van der Waals surface area contributed by atoms with E-state index in [-0.39, 0.29) is 5.91 Å². The zero-order chi connectivity index (χ0) is 18.4. The lowest BCUT2D eigenvalue weighted by Gasteiger charge is -2.33. The Hall–Kier alpha value is -1.76. The van der Waals surface area contributed by atoms with Gasteiger partial charge >= 0.3 is 0 Å². The van der Waals surface area contributed by atoms with Gasteiger partial charge in [-0.1, -0.05) is 44.2 Å². The molecular formula is C20H28N4OS. The lowest BCUT2D eigenvalue weighted by atomic mass is 10.2. The van der Waals surface area contributed by atoms with Crippen LogP contribution in [0.4, 0.5) is 0 Å². The van der Waals surface area contributed by atoms with E-state index in [1.54, 1.807) is 11.3 Å². The van der Waals surface area contributed by atoms with Gasteiger partial charge in [0.05, 0.1) is 12.2 Å². The van der Waals surface area contributed by atoms with E-state index in [2.05, 4.69) is 46.5 Å². The molecule has 6 heteroatoms. The van der Waals surface area contributed by atoms with Gasteiger partial charge in [0.15, 0.2) is 0 Å². The molecule has 0 spiro atoms. The largest absolute Gasteiger partial charge is 0.355 e. The third-order valence-corrected chi connectivity index (χ3v) is 5.44. The first-order chi connectivity index (χ1) is 12.6. The van der Waals surface area contributed by atoms with E-state index >= 15 is 0 Å². The minimum atomic E-state index is 0.138. The Morgan fingerprint density at radius 3 is 2.54 bits per heavy atom. The van der Waals surface area contributed by atoms with Crippen molar-refractivity contribution in [1.82, 2.24) is 20.1 Å². The van der Waals surface area contributed by atoms with Crippen LogP contribution in [0.1, 0.15) is 19.5 Å². The van der Waals surface area contributed by atoms with Gasteiger partial charge in [0.2, 0.25) is 5.91 Å². The SMILES string of the molecule is CC(C)CNC(=O)CN1CCN(Cc2csc(-c3ccccc3)n2)CC1. The number of amides is 1. The first-order valence-corrected chi connectivity index (χ1v) is 10.2. The van der Waals surface area contributed by atoms with Crippen molar-refractivity contribution in [3.05, 3.63) is 41.4 Å².